The molecular formula is C12H20N2O2. The zero-order valence-electron chi connectivity index (χ0n) is 10.0. The standard InChI is InChI=1S/C12H20N2O2/c1-12(2,15)9-10-6-7-14(13-10)11-5-3-4-8-16-11/h6-7,11,15H,3-5,8-9H2,1-2H3. The van der Waals surface area contributed by atoms with Crippen LogP contribution in [0.2, 0.25) is 0 Å². The maximum atomic E-state index is 9.71. The average molecular weight is 224 g/mol. The number of ether oxygens (including phenoxy) is 1. The van der Waals surface area contributed by atoms with Crippen LogP contribution in [0.1, 0.15) is 45.0 Å². The molecule has 90 valence electrons. The van der Waals surface area contributed by atoms with Crippen LogP contribution in [0.5, 0.6) is 0 Å². The second-order valence-electron chi connectivity index (χ2n) is 5.10. The van der Waals surface area contributed by atoms with Crippen molar-refractivity contribution in [2.45, 2.75) is 51.4 Å². The average Bonchev–Trinajstić information content (AvgIpc) is 2.65. The Kier molecular flexibility index (Phi) is 3.30. The summed E-state index contributed by atoms with van der Waals surface area (Å²) in [6, 6.07) is 1.95. The first-order chi connectivity index (χ1) is 7.54. The van der Waals surface area contributed by atoms with Gasteiger partial charge in [0, 0.05) is 19.2 Å². The molecule has 0 spiro atoms. The minimum atomic E-state index is -0.702. The minimum absolute atomic E-state index is 0.0873. The summed E-state index contributed by atoms with van der Waals surface area (Å²) in [4.78, 5) is 0. The van der Waals surface area contributed by atoms with Crippen LogP contribution >= 0.6 is 0 Å². The van der Waals surface area contributed by atoms with E-state index in [1.165, 1.54) is 6.42 Å². The molecule has 4 nitrogen and oxygen atoms in total. The molecule has 1 aromatic heterocycles. The van der Waals surface area contributed by atoms with Gasteiger partial charge in [0.2, 0.25) is 0 Å². The largest absolute Gasteiger partial charge is 0.390 e. The van der Waals surface area contributed by atoms with Crippen molar-refractivity contribution in [3.63, 3.8) is 0 Å². The molecule has 1 saturated heterocycles. The molecule has 1 atom stereocenters. The molecule has 1 unspecified atom stereocenters. The first kappa shape index (κ1) is 11.6. The van der Waals surface area contributed by atoms with Crippen molar-refractivity contribution in [2.75, 3.05) is 6.61 Å². The highest BCUT2D eigenvalue weighted by Crippen LogP contribution is 2.22. The fourth-order valence-corrected chi connectivity index (χ4v) is 2.01. The molecule has 0 saturated carbocycles. The maximum Gasteiger partial charge on any atom is 0.150 e. The first-order valence-corrected chi connectivity index (χ1v) is 5.93. The van der Waals surface area contributed by atoms with Crippen molar-refractivity contribution < 1.29 is 9.84 Å². The van der Waals surface area contributed by atoms with Gasteiger partial charge in [-0.15, -0.1) is 0 Å². The number of rotatable bonds is 3. The van der Waals surface area contributed by atoms with Gasteiger partial charge in [-0.2, -0.15) is 5.10 Å². The zero-order chi connectivity index (χ0) is 11.6. The molecule has 1 N–H and O–H groups in total. The molecule has 0 amide bonds. The van der Waals surface area contributed by atoms with Crippen molar-refractivity contribution in [3.8, 4) is 0 Å². The van der Waals surface area contributed by atoms with Gasteiger partial charge < -0.3 is 9.84 Å². The number of aromatic nitrogens is 2. The van der Waals surface area contributed by atoms with Crippen molar-refractivity contribution in [1.29, 1.82) is 0 Å². The molecule has 0 aromatic carbocycles. The fourth-order valence-electron chi connectivity index (χ4n) is 2.01. The summed E-state index contributed by atoms with van der Waals surface area (Å²) in [7, 11) is 0. The van der Waals surface area contributed by atoms with Crippen LogP contribution in [-0.4, -0.2) is 27.1 Å². The predicted molar refractivity (Wildman–Crippen MR) is 61.1 cm³/mol. The Bertz CT molecular complexity index is 335. The Morgan fingerprint density at radius 2 is 2.38 bits per heavy atom. The van der Waals surface area contributed by atoms with Crippen molar-refractivity contribution in [3.05, 3.63) is 18.0 Å². The quantitative estimate of drug-likeness (QED) is 0.853. The molecule has 16 heavy (non-hydrogen) atoms. The molecule has 1 fully saturated rings. The van der Waals surface area contributed by atoms with E-state index in [9.17, 15) is 5.11 Å². The van der Waals surface area contributed by atoms with E-state index in [1.807, 2.05) is 16.9 Å². The van der Waals surface area contributed by atoms with Crippen LogP contribution in [0.4, 0.5) is 0 Å². The second-order valence-corrected chi connectivity index (χ2v) is 5.10. The smallest absolute Gasteiger partial charge is 0.150 e. The van der Waals surface area contributed by atoms with E-state index in [2.05, 4.69) is 5.10 Å². The molecule has 4 heteroatoms. The van der Waals surface area contributed by atoms with Gasteiger partial charge in [-0.05, 0) is 39.2 Å². The summed E-state index contributed by atoms with van der Waals surface area (Å²) in [5.41, 5.74) is 0.216. The molecular weight excluding hydrogens is 204 g/mol. The topological polar surface area (TPSA) is 47.3 Å². The lowest BCUT2D eigenvalue weighted by atomic mass is 10.0. The number of hydrogen-bond donors (Lipinski definition) is 1. The van der Waals surface area contributed by atoms with Crippen LogP contribution in [0.25, 0.3) is 0 Å². The summed E-state index contributed by atoms with van der Waals surface area (Å²) < 4.78 is 7.52. The highest BCUT2D eigenvalue weighted by Gasteiger charge is 2.19. The van der Waals surface area contributed by atoms with E-state index >= 15 is 0 Å². The van der Waals surface area contributed by atoms with E-state index in [0.717, 1.165) is 25.1 Å². The van der Waals surface area contributed by atoms with Gasteiger partial charge in [0.25, 0.3) is 0 Å². The van der Waals surface area contributed by atoms with Gasteiger partial charge in [0.1, 0.15) is 6.23 Å². The van der Waals surface area contributed by atoms with Crippen molar-refractivity contribution in [2.24, 2.45) is 0 Å². The van der Waals surface area contributed by atoms with E-state index in [-0.39, 0.29) is 6.23 Å². The molecule has 0 aliphatic carbocycles. The highest BCUT2D eigenvalue weighted by atomic mass is 16.5. The lowest BCUT2D eigenvalue weighted by molar-refractivity contribution is -0.0399. The van der Waals surface area contributed by atoms with Gasteiger partial charge in [0.05, 0.1) is 11.3 Å². The maximum absolute atomic E-state index is 9.71. The molecule has 1 aliphatic heterocycles. The summed E-state index contributed by atoms with van der Waals surface area (Å²) >= 11 is 0. The predicted octanol–water partition coefficient (Wildman–Crippen LogP) is 1.90. The monoisotopic (exact) mass is 224 g/mol. The first-order valence-electron chi connectivity index (χ1n) is 5.93. The van der Waals surface area contributed by atoms with Gasteiger partial charge in [0.15, 0.2) is 0 Å². The normalized spacial score (nSPS) is 22.3. The van der Waals surface area contributed by atoms with E-state index in [4.69, 9.17) is 4.74 Å². The summed E-state index contributed by atoms with van der Waals surface area (Å²) in [6.45, 7) is 4.41. The summed E-state index contributed by atoms with van der Waals surface area (Å²) in [5, 5.41) is 14.2. The number of hydrogen-bond acceptors (Lipinski definition) is 3. The van der Waals surface area contributed by atoms with Gasteiger partial charge >= 0.3 is 0 Å². The fraction of sp³-hybridized carbons (Fsp3) is 0.750. The minimum Gasteiger partial charge on any atom is -0.390 e. The lowest BCUT2D eigenvalue weighted by Crippen LogP contribution is -2.23. The zero-order valence-corrected chi connectivity index (χ0v) is 10.0. The SMILES string of the molecule is CC(C)(O)Cc1ccn(C2CCCCO2)n1. The Morgan fingerprint density at radius 3 is 3.00 bits per heavy atom. The third kappa shape index (κ3) is 3.06. The molecule has 2 rings (SSSR count). The molecule has 2 heterocycles. The van der Waals surface area contributed by atoms with Crippen molar-refractivity contribution >= 4 is 0 Å². The van der Waals surface area contributed by atoms with Crippen LogP contribution < -0.4 is 0 Å². The van der Waals surface area contributed by atoms with Gasteiger partial charge in [-0.1, -0.05) is 0 Å². The molecule has 0 bridgehead atoms. The van der Waals surface area contributed by atoms with Crippen LogP contribution in [0.3, 0.4) is 0 Å². The lowest BCUT2D eigenvalue weighted by Gasteiger charge is -2.22. The van der Waals surface area contributed by atoms with Crippen LogP contribution in [0, 0.1) is 0 Å². The Labute approximate surface area is 96.2 Å². The van der Waals surface area contributed by atoms with E-state index in [0.29, 0.717) is 6.42 Å². The van der Waals surface area contributed by atoms with Gasteiger partial charge in [-0.3, -0.25) is 0 Å². The second kappa shape index (κ2) is 4.55. The number of aliphatic hydroxyl groups is 1. The Morgan fingerprint density at radius 1 is 1.56 bits per heavy atom. The third-order valence-electron chi connectivity index (χ3n) is 2.73. The van der Waals surface area contributed by atoms with Gasteiger partial charge in [-0.25, -0.2) is 4.68 Å². The van der Waals surface area contributed by atoms with Crippen molar-refractivity contribution in [1.82, 2.24) is 9.78 Å². The van der Waals surface area contributed by atoms with E-state index < -0.39 is 5.60 Å². The summed E-state index contributed by atoms with van der Waals surface area (Å²) in [5.74, 6) is 0. The van der Waals surface area contributed by atoms with Crippen LogP contribution in [-0.2, 0) is 11.2 Å². The number of nitrogens with zero attached hydrogens (tertiary/aromatic N) is 2. The third-order valence-corrected chi connectivity index (χ3v) is 2.73. The Hall–Kier alpha value is -0.870. The highest BCUT2D eigenvalue weighted by molar-refractivity contribution is 5.02. The molecule has 0 radical (unpaired) electrons. The Balaban J connectivity index is 2.01. The molecule has 1 aliphatic rings. The van der Waals surface area contributed by atoms with Crippen LogP contribution in [0.15, 0.2) is 12.3 Å². The molecule has 1 aromatic rings. The summed E-state index contributed by atoms with van der Waals surface area (Å²) in [6.07, 6.45) is 5.98. The van der Waals surface area contributed by atoms with E-state index in [1.54, 1.807) is 13.8 Å².